The van der Waals surface area contributed by atoms with E-state index in [1.54, 1.807) is 0 Å². The van der Waals surface area contributed by atoms with E-state index in [4.69, 9.17) is 17.4 Å². The van der Waals surface area contributed by atoms with E-state index in [1.807, 2.05) is 5.38 Å². The zero-order chi connectivity index (χ0) is 15.0. The first-order valence-electron chi connectivity index (χ1n) is 6.10. The van der Waals surface area contributed by atoms with E-state index in [1.165, 1.54) is 23.6 Å². The van der Waals surface area contributed by atoms with Gasteiger partial charge in [0, 0.05) is 17.5 Å². The molecule has 1 fully saturated rings. The number of nitrogens with two attached hydrogens (primary N) is 1. The number of thiazole rings is 1. The largest absolute Gasteiger partial charge is 0.307 e. The highest BCUT2D eigenvalue weighted by Crippen LogP contribution is 2.41. The lowest BCUT2D eigenvalue weighted by Crippen LogP contribution is -2.14. The van der Waals surface area contributed by atoms with Crippen LogP contribution in [0.1, 0.15) is 24.5 Å². The highest BCUT2D eigenvalue weighted by Gasteiger charge is 2.27. The molecule has 0 aromatic carbocycles. The molecule has 21 heavy (non-hydrogen) atoms. The molecule has 2 aromatic rings. The number of nitrogens with zero attached hydrogens (tertiary/aromatic N) is 2. The average Bonchev–Trinajstić information content (AvgIpc) is 3.19. The summed E-state index contributed by atoms with van der Waals surface area (Å²) >= 11 is 7.15. The van der Waals surface area contributed by atoms with E-state index in [-0.39, 0.29) is 15.7 Å². The first-order chi connectivity index (χ1) is 9.99. The van der Waals surface area contributed by atoms with Gasteiger partial charge in [-0.1, -0.05) is 11.6 Å². The quantitative estimate of drug-likeness (QED) is 0.565. The van der Waals surface area contributed by atoms with Crippen molar-refractivity contribution in [2.24, 2.45) is 5.84 Å². The van der Waals surface area contributed by atoms with Gasteiger partial charge in [-0.15, -0.1) is 11.3 Å². The maximum Gasteiger partial charge on any atom is 0.265 e. The van der Waals surface area contributed by atoms with Crippen LogP contribution in [-0.2, 0) is 10.0 Å². The van der Waals surface area contributed by atoms with Gasteiger partial charge in [0.2, 0.25) is 0 Å². The summed E-state index contributed by atoms with van der Waals surface area (Å²) in [5, 5.41) is 2.34. The van der Waals surface area contributed by atoms with Crippen LogP contribution in [0.25, 0.3) is 0 Å². The van der Waals surface area contributed by atoms with Gasteiger partial charge < -0.3 is 5.43 Å². The number of sulfonamides is 1. The van der Waals surface area contributed by atoms with E-state index in [0.717, 1.165) is 18.5 Å². The van der Waals surface area contributed by atoms with Crippen LogP contribution in [0.5, 0.6) is 0 Å². The minimum absolute atomic E-state index is 0.0466. The molecule has 0 amide bonds. The van der Waals surface area contributed by atoms with Crippen molar-refractivity contribution < 1.29 is 8.42 Å². The molecule has 1 aliphatic rings. The normalized spacial score (nSPS) is 15.0. The smallest absolute Gasteiger partial charge is 0.265 e. The summed E-state index contributed by atoms with van der Waals surface area (Å²) in [6.07, 6.45) is 3.41. The Balaban J connectivity index is 1.83. The summed E-state index contributed by atoms with van der Waals surface area (Å²) in [5.41, 5.74) is 3.22. The zero-order valence-electron chi connectivity index (χ0n) is 10.7. The molecule has 0 radical (unpaired) electrons. The molecule has 2 aromatic heterocycles. The van der Waals surface area contributed by atoms with Crippen molar-refractivity contribution in [2.75, 3.05) is 10.1 Å². The van der Waals surface area contributed by atoms with Crippen LogP contribution in [0, 0.1) is 0 Å². The van der Waals surface area contributed by atoms with Gasteiger partial charge in [-0.25, -0.2) is 24.2 Å². The van der Waals surface area contributed by atoms with Crippen molar-refractivity contribution >= 4 is 43.9 Å². The molecule has 0 atom stereocenters. The lowest BCUT2D eigenvalue weighted by Gasteiger charge is -2.07. The average molecular weight is 346 g/mol. The van der Waals surface area contributed by atoms with Crippen molar-refractivity contribution in [1.29, 1.82) is 0 Å². The number of halogens is 1. The van der Waals surface area contributed by atoms with Crippen LogP contribution in [0.3, 0.4) is 0 Å². The van der Waals surface area contributed by atoms with Crippen molar-refractivity contribution in [3.63, 3.8) is 0 Å². The van der Waals surface area contributed by atoms with Gasteiger partial charge in [-0.05, 0) is 18.9 Å². The Morgan fingerprint density at radius 1 is 1.43 bits per heavy atom. The molecule has 3 rings (SSSR count). The Bertz CT molecular complexity index is 773. The van der Waals surface area contributed by atoms with E-state index in [9.17, 15) is 8.42 Å². The Labute approximate surface area is 130 Å². The van der Waals surface area contributed by atoms with Crippen molar-refractivity contribution in [2.45, 2.75) is 23.7 Å². The zero-order valence-corrected chi connectivity index (χ0v) is 13.1. The highest BCUT2D eigenvalue weighted by molar-refractivity contribution is 7.93. The maximum absolute atomic E-state index is 12.3. The van der Waals surface area contributed by atoms with Gasteiger partial charge in [-0.3, -0.25) is 4.72 Å². The predicted molar refractivity (Wildman–Crippen MR) is 82.0 cm³/mol. The molecule has 0 saturated heterocycles. The number of hydrogen-bond donors (Lipinski definition) is 3. The van der Waals surface area contributed by atoms with Crippen molar-refractivity contribution in [3.8, 4) is 0 Å². The summed E-state index contributed by atoms with van der Waals surface area (Å²) in [7, 11) is -3.77. The van der Waals surface area contributed by atoms with Crippen LogP contribution < -0.4 is 16.0 Å². The highest BCUT2D eigenvalue weighted by atomic mass is 35.5. The Morgan fingerprint density at radius 2 is 2.19 bits per heavy atom. The number of aromatic nitrogens is 2. The number of anilines is 2. The first-order valence-corrected chi connectivity index (χ1v) is 8.84. The predicted octanol–water partition coefficient (Wildman–Crippen LogP) is 2.16. The molecule has 1 saturated carbocycles. The third-order valence-electron chi connectivity index (χ3n) is 3.00. The summed E-state index contributed by atoms with van der Waals surface area (Å²) in [6, 6.07) is 1.28. The molecular weight excluding hydrogens is 334 g/mol. The van der Waals surface area contributed by atoms with Gasteiger partial charge in [0.1, 0.15) is 4.90 Å². The molecule has 0 bridgehead atoms. The maximum atomic E-state index is 12.3. The van der Waals surface area contributed by atoms with Crippen molar-refractivity contribution in [1.82, 2.24) is 9.97 Å². The third kappa shape index (κ3) is 3.10. The number of hydrogen-bond acceptors (Lipinski definition) is 7. The summed E-state index contributed by atoms with van der Waals surface area (Å²) in [5.74, 6) is 5.89. The molecule has 2 heterocycles. The lowest BCUT2D eigenvalue weighted by molar-refractivity contribution is 0.601. The Morgan fingerprint density at radius 3 is 2.81 bits per heavy atom. The van der Waals surface area contributed by atoms with Gasteiger partial charge in [-0.2, -0.15) is 0 Å². The molecule has 7 nitrogen and oxygen atoms in total. The SMILES string of the molecule is NNc1ncc(S(=O)(=O)Nc2nc(C3CC3)cs2)cc1Cl. The molecule has 0 aliphatic heterocycles. The minimum atomic E-state index is -3.77. The second-order valence-electron chi connectivity index (χ2n) is 4.60. The van der Waals surface area contributed by atoms with Crippen LogP contribution in [0.2, 0.25) is 5.02 Å². The molecule has 112 valence electrons. The summed E-state index contributed by atoms with van der Waals surface area (Å²) in [6.45, 7) is 0. The lowest BCUT2D eigenvalue weighted by atomic mass is 10.3. The van der Waals surface area contributed by atoms with Crippen LogP contribution in [0.15, 0.2) is 22.5 Å². The third-order valence-corrected chi connectivity index (χ3v) is 5.50. The van der Waals surface area contributed by atoms with E-state index in [0.29, 0.717) is 11.0 Å². The number of nitrogens with one attached hydrogen (secondary N) is 2. The fourth-order valence-electron chi connectivity index (χ4n) is 1.75. The number of hydrazine groups is 1. The van der Waals surface area contributed by atoms with Crippen LogP contribution >= 0.6 is 22.9 Å². The van der Waals surface area contributed by atoms with E-state index < -0.39 is 10.0 Å². The van der Waals surface area contributed by atoms with Crippen LogP contribution in [0.4, 0.5) is 10.9 Å². The standard InChI is InChI=1S/C11H12ClN5O2S2/c12-8-3-7(4-14-10(8)16-13)21(18,19)17-11-15-9(5-20-11)6-1-2-6/h3-6H,1-2,13H2,(H,14,16)(H,15,17). The number of nitrogen functional groups attached to an aromatic ring is 1. The second-order valence-corrected chi connectivity index (χ2v) is 7.55. The van der Waals surface area contributed by atoms with Gasteiger partial charge in [0.25, 0.3) is 10.0 Å². The van der Waals surface area contributed by atoms with E-state index >= 15 is 0 Å². The molecule has 1 aliphatic carbocycles. The Kier molecular flexibility index (Phi) is 3.74. The van der Waals surface area contributed by atoms with Crippen LogP contribution in [-0.4, -0.2) is 18.4 Å². The second kappa shape index (κ2) is 5.41. The van der Waals surface area contributed by atoms with Crippen molar-refractivity contribution in [3.05, 3.63) is 28.4 Å². The molecule has 10 heteroatoms. The fraction of sp³-hybridized carbons (Fsp3) is 0.273. The molecule has 0 spiro atoms. The summed E-state index contributed by atoms with van der Waals surface area (Å²) < 4.78 is 26.9. The number of rotatable bonds is 5. The van der Waals surface area contributed by atoms with Gasteiger partial charge in [0.05, 0.1) is 10.7 Å². The minimum Gasteiger partial charge on any atom is -0.307 e. The molecule has 4 N–H and O–H groups in total. The molecule has 0 unspecified atom stereocenters. The fourth-order valence-corrected chi connectivity index (χ4v) is 4.05. The van der Waals surface area contributed by atoms with Gasteiger partial charge >= 0.3 is 0 Å². The Hall–Kier alpha value is -1.42. The van der Waals surface area contributed by atoms with E-state index in [2.05, 4.69) is 20.1 Å². The summed E-state index contributed by atoms with van der Waals surface area (Å²) in [4.78, 5) is 8.08. The number of pyridine rings is 1. The monoisotopic (exact) mass is 345 g/mol. The first kappa shape index (κ1) is 14.5. The topological polar surface area (TPSA) is 110 Å². The van der Waals surface area contributed by atoms with Gasteiger partial charge in [0.15, 0.2) is 10.9 Å². The molecular formula is C11H12ClN5O2S2.